The molecule has 0 fully saturated rings. The van der Waals surface area contributed by atoms with Gasteiger partial charge in [-0.3, -0.25) is 4.90 Å². The molecule has 36 heavy (non-hydrogen) atoms. The molecule has 0 radical (unpaired) electrons. The van der Waals surface area contributed by atoms with Gasteiger partial charge in [-0.25, -0.2) is 0 Å². The Kier molecular flexibility index (Phi) is 6.33. The van der Waals surface area contributed by atoms with E-state index in [1.54, 1.807) is 7.11 Å². The molecule has 5 rings (SSSR count). The fraction of sp³-hybridized carbons (Fsp3) is 0.207. The Balaban J connectivity index is 1.66. The number of anilines is 1. The number of aryl methyl sites for hydroxylation is 3. The minimum Gasteiger partial charge on any atom is -0.497 e. The SMILES string of the molecule is COc1cccc(N2C(=S)NC(c3ccc(C)c(C)c3)C(c3nc(-c4ccc(C)cc4)no3)=C2C)c1. The highest BCUT2D eigenvalue weighted by Crippen LogP contribution is 2.40. The monoisotopic (exact) mass is 496 g/mol. The van der Waals surface area contributed by atoms with Gasteiger partial charge in [-0.05, 0) is 68.7 Å². The van der Waals surface area contributed by atoms with Gasteiger partial charge in [0, 0.05) is 17.3 Å². The summed E-state index contributed by atoms with van der Waals surface area (Å²) in [7, 11) is 1.65. The van der Waals surface area contributed by atoms with E-state index < -0.39 is 0 Å². The summed E-state index contributed by atoms with van der Waals surface area (Å²) in [5, 5.41) is 8.43. The Hall–Kier alpha value is -3.97. The van der Waals surface area contributed by atoms with Crippen LogP contribution >= 0.6 is 12.2 Å². The van der Waals surface area contributed by atoms with E-state index in [0.717, 1.165) is 33.8 Å². The number of rotatable bonds is 5. The van der Waals surface area contributed by atoms with Crippen LogP contribution in [0.15, 0.2) is 77.0 Å². The fourth-order valence-corrected chi connectivity index (χ4v) is 4.79. The van der Waals surface area contributed by atoms with Crippen molar-refractivity contribution in [2.75, 3.05) is 12.0 Å². The maximum atomic E-state index is 5.88. The van der Waals surface area contributed by atoms with Gasteiger partial charge in [-0.2, -0.15) is 4.98 Å². The smallest absolute Gasteiger partial charge is 0.258 e. The summed E-state index contributed by atoms with van der Waals surface area (Å²) < 4.78 is 11.3. The summed E-state index contributed by atoms with van der Waals surface area (Å²) in [6.45, 7) is 8.31. The normalized spacial score (nSPS) is 15.8. The number of aromatic nitrogens is 2. The average Bonchev–Trinajstić information content (AvgIpc) is 3.35. The Morgan fingerprint density at radius 1 is 0.944 bits per heavy atom. The molecule has 1 N–H and O–H groups in total. The molecule has 1 aliphatic heterocycles. The van der Waals surface area contributed by atoms with E-state index in [-0.39, 0.29) is 6.04 Å². The van der Waals surface area contributed by atoms with Crippen LogP contribution in [0, 0.1) is 20.8 Å². The zero-order valence-electron chi connectivity index (χ0n) is 21.0. The molecular weight excluding hydrogens is 468 g/mol. The first-order chi connectivity index (χ1) is 17.4. The van der Waals surface area contributed by atoms with Crippen LogP contribution in [0.2, 0.25) is 0 Å². The molecule has 1 unspecified atom stereocenters. The Morgan fingerprint density at radius 2 is 1.72 bits per heavy atom. The molecule has 1 aliphatic rings. The minimum atomic E-state index is -0.245. The summed E-state index contributed by atoms with van der Waals surface area (Å²) in [6, 6.07) is 22.1. The molecule has 0 amide bonds. The first kappa shape index (κ1) is 23.8. The average molecular weight is 497 g/mol. The maximum absolute atomic E-state index is 5.88. The Bertz CT molecular complexity index is 1470. The van der Waals surface area contributed by atoms with Crippen LogP contribution in [0.25, 0.3) is 17.0 Å². The lowest BCUT2D eigenvalue weighted by molar-refractivity contribution is 0.404. The molecule has 1 atom stereocenters. The van der Waals surface area contributed by atoms with E-state index in [0.29, 0.717) is 16.8 Å². The zero-order valence-corrected chi connectivity index (χ0v) is 21.8. The van der Waals surface area contributed by atoms with Crippen molar-refractivity contribution in [2.24, 2.45) is 0 Å². The molecule has 7 heteroatoms. The van der Waals surface area contributed by atoms with Gasteiger partial charge in [0.05, 0.1) is 24.4 Å². The molecule has 6 nitrogen and oxygen atoms in total. The second-order valence-electron chi connectivity index (χ2n) is 9.05. The molecule has 4 aromatic rings. The van der Waals surface area contributed by atoms with Gasteiger partial charge in [0.25, 0.3) is 5.89 Å². The first-order valence-corrected chi connectivity index (χ1v) is 12.2. The summed E-state index contributed by atoms with van der Waals surface area (Å²) in [4.78, 5) is 6.80. The van der Waals surface area contributed by atoms with E-state index in [9.17, 15) is 0 Å². The van der Waals surface area contributed by atoms with Crippen LogP contribution in [-0.4, -0.2) is 22.4 Å². The molecule has 2 heterocycles. The highest BCUT2D eigenvalue weighted by molar-refractivity contribution is 7.80. The number of hydrogen-bond acceptors (Lipinski definition) is 5. The van der Waals surface area contributed by atoms with Crippen LogP contribution in [0.3, 0.4) is 0 Å². The third-order valence-electron chi connectivity index (χ3n) is 6.63. The minimum absolute atomic E-state index is 0.245. The molecular formula is C29H28N4O2S. The summed E-state index contributed by atoms with van der Waals surface area (Å²) in [5.41, 5.74) is 8.27. The van der Waals surface area contributed by atoms with Crippen LogP contribution in [0.5, 0.6) is 5.75 Å². The fourth-order valence-electron chi connectivity index (χ4n) is 4.43. The molecule has 1 aromatic heterocycles. The van der Waals surface area contributed by atoms with Crippen molar-refractivity contribution in [1.82, 2.24) is 15.5 Å². The van der Waals surface area contributed by atoms with Crippen molar-refractivity contribution in [1.29, 1.82) is 0 Å². The maximum Gasteiger partial charge on any atom is 0.258 e. The highest BCUT2D eigenvalue weighted by atomic mass is 32.1. The number of thiocarbonyl (C=S) groups is 1. The van der Waals surface area contributed by atoms with Gasteiger partial charge < -0.3 is 14.6 Å². The van der Waals surface area contributed by atoms with Crippen molar-refractivity contribution in [3.63, 3.8) is 0 Å². The van der Waals surface area contributed by atoms with Gasteiger partial charge in [0.1, 0.15) is 5.75 Å². The van der Waals surface area contributed by atoms with Gasteiger partial charge in [-0.1, -0.05) is 59.3 Å². The molecule has 0 spiro atoms. The molecule has 3 aromatic carbocycles. The van der Waals surface area contributed by atoms with E-state index in [1.165, 1.54) is 16.7 Å². The van der Waals surface area contributed by atoms with Crippen LogP contribution in [-0.2, 0) is 0 Å². The van der Waals surface area contributed by atoms with Crippen LogP contribution in [0.4, 0.5) is 5.69 Å². The van der Waals surface area contributed by atoms with Crippen molar-refractivity contribution in [2.45, 2.75) is 33.7 Å². The third-order valence-corrected chi connectivity index (χ3v) is 6.93. The summed E-state index contributed by atoms with van der Waals surface area (Å²) >= 11 is 5.87. The standard InChI is InChI=1S/C29H28N4O2S/c1-17-9-12-21(13-10-17)27-31-28(35-32-27)25-20(4)33(23-7-6-8-24(16-23)34-5)29(36)30-26(25)22-14-11-18(2)19(3)15-22/h6-16,26H,1-5H3,(H,30,36). The molecule has 0 aliphatic carbocycles. The van der Waals surface area contributed by atoms with Gasteiger partial charge in [-0.15, -0.1) is 0 Å². The van der Waals surface area contributed by atoms with Crippen LogP contribution < -0.4 is 15.0 Å². The lowest BCUT2D eigenvalue weighted by Crippen LogP contribution is -2.46. The van der Waals surface area contributed by atoms with Gasteiger partial charge in [0.2, 0.25) is 5.82 Å². The van der Waals surface area contributed by atoms with Crippen molar-refractivity contribution >= 4 is 28.6 Å². The second kappa shape index (κ2) is 9.59. The Morgan fingerprint density at radius 3 is 2.44 bits per heavy atom. The summed E-state index contributed by atoms with van der Waals surface area (Å²) in [6.07, 6.45) is 0. The van der Waals surface area contributed by atoms with Gasteiger partial charge in [0.15, 0.2) is 5.11 Å². The molecule has 0 saturated heterocycles. The van der Waals surface area contributed by atoms with Crippen molar-refractivity contribution < 1.29 is 9.26 Å². The number of methoxy groups -OCH3 is 1. The number of nitrogens with zero attached hydrogens (tertiary/aromatic N) is 3. The number of hydrogen-bond donors (Lipinski definition) is 1. The largest absolute Gasteiger partial charge is 0.497 e. The predicted molar refractivity (Wildman–Crippen MR) is 147 cm³/mol. The lowest BCUT2D eigenvalue weighted by Gasteiger charge is -2.37. The number of benzene rings is 3. The number of allylic oxidation sites excluding steroid dienone is 1. The first-order valence-electron chi connectivity index (χ1n) is 11.8. The quantitative estimate of drug-likeness (QED) is 0.315. The van der Waals surface area contributed by atoms with E-state index in [1.807, 2.05) is 60.4 Å². The number of ether oxygens (including phenoxy) is 1. The predicted octanol–water partition coefficient (Wildman–Crippen LogP) is 6.54. The van der Waals surface area contributed by atoms with Gasteiger partial charge >= 0.3 is 0 Å². The topological polar surface area (TPSA) is 63.4 Å². The van der Waals surface area contributed by atoms with Crippen LogP contribution in [0.1, 0.15) is 41.1 Å². The lowest BCUT2D eigenvalue weighted by atomic mass is 9.92. The Labute approximate surface area is 216 Å². The second-order valence-corrected chi connectivity index (χ2v) is 9.44. The van der Waals surface area contributed by atoms with E-state index >= 15 is 0 Å². The van der Waals surface area contributed by atoms with E-state index in [4.69, 9.17) is 26.5 Å². The third kappa shape index (κ3) is 4.38. The molecule has 0 saturated carbocycles. The molecule has 0 bridgehead atoms. The highest BCUT2D eigenvalue weighted by Gasteiger charge is 2.35. The van der Waals surface area contributed by atoms with E-state index in [2.05, 4.69) is 49.4 Å². The molecule has 182 valence electrons. The number of nitrogens with one attached hydrogen (secondary N) is 1. The van der Waals surface area contributed by atoms with Crippen molar-refractivity contribution in [3.8, 4) is 17.1 Å². The zero-order chi connectivity index (χ0) is 25.4. The summed E-state index contributed by atoms with van der Waals surface area (Å²) in [5.74, 6) is 1.75. The van der Waals surface area contributed by atoms with Crippen molar-refractivity contribution in [3.05, 3.63) is 101 Å².